The summed E-state index contributed by atoms with van der Waals surface area (Å²) in [5.41, 5.74) is 6.80. The number of carboxylic acid groups (broad SMARTS) is 1. The number of thioether (sulfide) groups is 1. The van der Waals surface area contributed by atoms with Crippen LogP contribution in [0.4, 0.5) is 0 Å². The van der Waals surface area contributed by atoms with Crippen LogP contribution in [0.3, 0.4) is 0 Å². The zero-order valence-electron chi connectivity index (χ0n) is 11.4. The van der Waals surface area contributed by atoms with Crippen LogP contribution in [0.5, 0.6) is 5.75 Å². The van der Waals surface area contributed by atoms with Gasteiger partial charge in [0.2, 0.25) is 0 Å². The number of ether oxygens (including phenoxy) is 1. The molecule has 0 bridgehead atoms. The van der Waals surface area contributed by atoms with E-state index in [0.29, 0.717) is 10.8 Å². The molecular weight excluding hydrogens is 298 g/mol. The third kappa shape index (κ3) is 3.40. The lowest BCUT2D eigenvalue weighted by Gasteiger charge is -2.29. The maximum Gasteiger partial charge on any atom is 0.321 e. The molecule has 0 saturated carbocycles. The van der Waals surface area contributed by atoms with E-state index in [1.54, 1.807) is 6.07 Å². The van der Waals surface area contributed by atoms with Crippen molar-refractivity contribution in [3.63, 3.8) is 0 Å². The molecule has 2 rings (SSSR count). The third-order valence-electron chi connectivity index (χ3n) is 3.42. The second-order valence-corrected chi connectivity index (χ2v) is 7.54. The highest BCUT2D eigenvalue weighted by molar-refractivity contribution is 8.00. The summed E-state index contributed by atoms with van der Waals surface area (Å²) in [6, 6.07) is 4.69. The van der Waals surface area contributed by atoms with Crippen LogP contribution in [0.2, 0.25) is 5.02 Å². The smallest absolute Gasteiger partial charge is 0.321 e. The first-order chi connectivity index (χ1) is 9.29. The first kappa shape index (κ1) is 15.5. The van der Waals surface area contributed by atoms with Gasteiger partial charge in [0.25, 0.3) is 0 Å². The second-order valence-electron chi connectivity index (χ2n) is 5.43. The molecule has 1 aliphatic heterocycles. The lowest BCUT2D eigenvalue weighted by molar-refractivity contribution is -0.139. The fourth-order valence-electron chi connectivity index (χ4n) is 2.08. The molecular formula is C14H18ClNO3S. The maximum absolute atomic E-state index is 11.0. The van der Waals surface area contributed by atoms with Crippen molar-refractivity contribution in [3.05, 3.63) is 28.8 Å². The number of hydrogen-bond acceptors (Lipinski definition) is 4. The summed E-state index contributed by atoms with van der Waals surface area (Å²) in [6.45, 7) is 3.69. The van der Waals surface area contributed by atoms with Crippen molar-refractivity contribution >= 4 is 29.3 Å². The normalized spacial score (nSPS) is 19.3. The number of hydrogen-bond donors (Lipinski definition) is 2. The van der Waals surface area contributed by atoms with Gasteiger partial charge >= 0.3 is 5.97 Å². The number of fused-ring (bicyclic) bond motifs is 1. The Morgan fingerprint density at radius 1 is 1.65 bits per heavy atom. The van der Waals surface area contributed by atoms with Gasteiger partial charge in [0.15, 0.2) is 0 Å². The maximum atomic E-state index is 11.0. The number of carbonyl (C=O) groups is 1. The molecule has 3 N–H and O–H groups in total. The standard InChI is InChI=1S/C14H18ClNO3S/c1-14(2,12(16)13(17)18)20-7-10-6-8-5-9(15)3-4-11(8)19-10/h3-5,10,12H,6-7,16H2,1-2H3,(H,17,18)/t10?,12-/m0/s1. The average Bonchev–Trinajstić information content (AvgIpc) is 2.77. The minimum Gasteiger partial charge on any atom is -0.489 e. The summed E-state index contributed by atoms with van der Waals surface area (Å²) in [6.07, 6.45) is 0.829. The SMILES string of the molecule is CC(C)(SCC1Cc2cc(Cl)ccc2O1)[C@@H](N)C(=O)O. The number of nitrogens with two attached hydrogens (primary N) is 1. The second kappa shape index (κ2) is 5.84. The molecule has 0 radical (unpaired) electrons. The van der Waals surface area contributed by atoms with Crippen LogP contribution in [0, 0.1) is 0 Å². The van der Waals surface area contributed by atoms with E-state index < -0.39 is 16.8 Å². The lowest BCUT2D eigenvalue weighted by Crippen LogP contribution is -2.47. The van der Waals surface area contributed by atoms with Crippen LogP contribution >= 0.6 is 23.4 Å². The quantitative estimate of drug-likeness (QED) is 0.873. The number of carboxylic acids is 1. The molecule has 1 heterocycles. The molecule has 0 aliphatic carbocycles. The Bertz CT molecular complexity index is 521. The molecule has 0 spiro atoms. The Balaban J connectivity index is 1.93. The predicted octanol–water partition coefficient (Wildman–Crippen LogP) is 2.57. The molecule has 20 heavy (non-hydrogen) atoms. The van der Waals surface area contributed by atoms with Crippen molar-refractivity contribution in [2.24, 2.45) is 5.73 Å². The molecule has 2 atom stereocenters. The molecule has 1 aromatic carbocycles. The van der Waals surface area contributed by atoms with Gasteiger partial charge in [-0.25, -0.2) is 0 Å². The van der Waals surface area contributed by atoms with Gasteiger partial charge in [-0.2, -0.15) is 0 Å². The van der Waals surface area contributed by atoms with E-state index in [0.717, 1.165) is 17.7 Å². The highest BCUT2D eigenvalue weighted by Gasteiger charge is 2.34. The number of aliphatic carboxylic acids is 1. The number of rotatable bonds is 5. The highest BCUT2D eigenvalue weighted by atomic mass is 35.5. The van der Waals surface area contributed by atoms with Crippen molar-refractivity contribution in [2.45, 2.75) is 37.2 Å². The summed E-state index contributed by atoms with van der Waals surface area (Å²) in [5.74, 6) is 0.575. The molecule has 0 amide bonds. The summed E-state index contributed by atoms with van der Waals surface area (Å²) in [7, 11) is 0. The van der Waals surface area contributed by atoms with Gasteiger partial charge in [0, 0.05) is 21.9 Å². The van der Waals surface area contributed by atoms with Gasteiger partial charge in [-0.15, -0.1) is 11.8 Å². The zero-order valence-corrected chi connectivity index (χ0v) is 13.0. The number of benzene rings is 1. The molecule has 110 valence electrons. The van der Waals surface area contributed by atoms with Crippen molar-refractivity contribution in [3.8, 4) is 5.75 Å². The molecule has 0 fully saturated rings. The van der Waals surface area contributed by atoms with Gasteiger partial charge in [-0.3, -0.25) is 4.79 Å². The molecule has 1 unspecified atom stereocenters. The minimum absolute atomic E-state index is 0.0359. The van der Waals surface area contributed by atoms with Crippen LogP contribution in [0.25, 0.3) is 0 Å². The van der Waals surface area contributed by atoms with Gasteiger partial charge in [-0.1, -0.05) is 11.6 Å². The average molecular weight is 316 g/mol. The molecule has 1 aromatic rings. The van der Waals surface area contributed by atoms with Gasteiger partial charge in [0.1, 0.15) is 17.9 Å². The van der Waals surface area contributed by atoms with Gasteiger partial charge in [-0.05, 0) is 37.6 Å². The largest absolute Gasteiger partial charge is 0.489 e. The first-order valence-corrected chi connectivity index (χ1v) is 7.73. The minimum atomic E-state index is -0.982. The van der Waals surface area contributed by atoms with Crippen LogP contribution < -0.4 is 10.5 Å². The number of halogens is 1. The van der Waals surface area contributed by atoms with E-state index in [4.69, 9.17) is 27.2 Å². The molecule has 0 aromatic heterocycles. The summed E-state index contributed by atoms with van der Waals surface area (Å²) < 4.78 is 5.29. The van der Waals surface area contributed by atoms with Crippen molar-refractivity contribution in [1.29, 1.82) is 0 Å². The summed E-state index contributed by atoms with van der Waals surface area (Å²) in [4.78, 5) is 11.0. The summed E-state index contributed by atoms with van der Waals surface area (Å²) in [5, 5.41) is 9.70. The Morgan fingerprint density at radius 3 is 3.00 bits per heavy atom. The molecule has 0 saturated heterocycles. The van der Waals surface area contributed by atoms with Gasteiger partial charge in [0.05, 0.1) is 0 Å². The van der Waals surface area contributed by atoms with E-state index in [1.165, 1.54) is 11.8 Å². The van der Waals surface area contributed by atoms with Crippen LogP contribution in [0.1, 0.15) is 19.4 Å². The van der Waals surface area contributed by atoms with E-state index >= 15 is 0 Å². The lowest BCUT2D eigenvalue weighted by atomic mass is 10.1. The van der Waals surface area contributed by atoms with Crippen LogP contribution in [0.15, 0.2) is 18.2 Å². The third-order valence-corrected chi connectivity index (χ3v) is 5.19. The fraction of sp³-hybridized carbons (Fsp3) is 0.500. The van der Waals surface area contributed by atoms with E-state index in [2.05, 4.69) is 0 Å². The Hall–Kier alpha value is -0.910. The highest BCUT2D eigenvalue weighted by Crippen LogP contribution is 2.35. The van der Waals surface area contributed by atoms with E-state index in [9.17, 15) is 4.79 Å². The predicted molar refractivity (Wildman–Crippen MR) is 81.7 cm³/mol. The fourth-order valence-corrected chi connectivity index (χ4v) is 3.35. The van der Waals surface area contributed by atoms with Crippen molar-refractivity contribution in [2.75, 3.05) is 5.75 Å². The molecule has 4 nitrogen and oxygen atoms in total. The van der Waals surface area contributed by atoms with Crippen LogP contribution in [-0.4, -0.2) is 33.7 Å². The zero-order chi connectivity index (χ0) is 14.9. The first-order valence-electron chi connectivity index (χ1n) is 6.37. The Labute approximate surface area is 127 Å². The molecule has 6 heteroatoms. The van der Waals surface area contributed by atoms with Crippen molar-refractivity contribution in [1.82, 2.24) is 0 Å². The summed E-state index contributed by atoms with van der Waals surface area (Å²) >= 11 is 7.48. The Morgan fingerprint density at radius 2 is 2.35 bits per heavy atom. The van der Waals surface area contributed by atoms with Crippen LogP contribution in [-0.2, 0) is 11.2 Å². The monoisotopic (exact) mass is 315 g/mol. The topological polar surface area (TPSA) is 72.5 Å². The van der Waals surface area contributed by atoms with E-state index in [-0.39, 0.29) is 6.10 Å². The van der Waals surface area contributed by atoms with Gasteiger partial charge < -0.3 is 15.6 Å². The van der Waals surface area contributed by atoms with E-state index in [1.807, 2.05) is 26.0 Å². The Kier molecular flexibility index (Phi) is 4.52. The molecule has 1 aliphatic rings. The van der Waals surface area contributed by atoms with Crippen molar-refractivity contribution < 1.29 is 14.6 Å².